The van der Waals surface area contributed by atoms with Gasteiger partial charge in [-0.2, -0.15) is 0 Å². The predicted molar refractivity (Wildman–Crippen MR) is 59.8 cm³/mol. The van der Waals surface area contributed by atoms with E-state index in [9.17, 15) is 9.59 Å². The lowest BCUT2D eigenvalue weighted by Crippen LogP contribution is -2.27. The molecule has 2 N–H and O–H groups in total. The van der Waals surface area contributed by atoms with Crippen molar-refractivity contribution in [2.75, 3.05) is 12.0 Å². The van der Waals surface area contributed by atoms with Gasteiger partial charge in [-0.05, 0) is 19.1 Å². The molecule has 1 rings (SSSR count). The molecule has 0 radical (unpaired) electrons. The molecule has 0 spiro atoms. The van der Waals surface area contributed by atoms with Gasteiger partial charge >= 0.3 is 5.97 Å². The summed E-state index contributed by atoms with van der Waals surface area (Å²) in [6.07, 6.45) is 0. The van der Waals surface area contributed by atoms with Gasteiger partial charge < -0.3 is 4.74 Å². The highest BCUT2D eigenvalue weighted by Gasteiger charge is 2.11. The molecule has 0 aromatic heterocycles. The van der Waals surface area contributed by atoms with Gasteiger partial charge in [-0.25, -0.2) is 4.79 Å². The van der Waals surface area contributed by atoms with Crippen LogP contribution in [0.5, 0.6) is 0 Å². The zero-order chi connectivity index (χ0) is 12.0. The van der Waals surface area contributed by atoms with Crippen molar-refractivity contribution in [2.24, 2.45) is 0 Å². The van der Waals surface area contributed by atoms with E-state index in [0.717, 1.165) is 0 Å². The number of hydrogen-bond acceptors (Lipinski definition) is 4. The molecule has 0 heterocycles. The van der Waals surface area contributed by atoms with Crippen molar-refractivity contribution < 1.29 is 14.3 Å². The van der Waals surface area contributed by atoms with Crippen molar-refractivity contribution in [1.29, 1.82) is 0 Å². The van der Waals surface area contributed by atoms with Crippen LogP contribution in [0.15, 0.2) is 24.3 Å². The van der Waals surface area contributed by atoms with E-state index in [0.29, 0.717) is 17.9 Å². The Morgan fingerprint density at radius 1 is 1.31 bits per heavy atom. The van der Waals surface area contributed by atoms with Crippen LogP contribution in [-0.2, 0) is 9.53 Å². The van der Waals surface area contributed by atoms with E-state index in [2.05, 4.69) is 10.9 Å². The molecular weight excluding hydrogens is 208 g/mol. The first-order valence-electron chi connectivity index (χ1n) is 4.94. The van der Waals surface area contributed by atoms with Gasteiger partial charge in [0.15, 0.2) is 0 Å². The number of amides is 1. The molecule has 0 atom stereocenters. The Labute approximate surface area is 93.8 Å². The van der Waals surface area contributed by atoms with E-state index in [-0.39, 0.29) is 5.91 Å². The van der Waals surface area contributed by atoms with Gasteiger partial charge in [0.1, 0.15) is 0 Å². The Morgan fingerprint density at radius 2 is 2.00 bits per heavy atom. The summed E-state index contributed by atoms with van der Waals surface area (Å²) in [5.74, 6) is -0.658. The van der Waals surface area contributed by atoms with Crippen LogP contribution in [0.3, 0.4) is 0 Å². The molecule has 86 valence electrons. The van der Waals surface area contributed by atoms with Crippen molar-refractivity contribution >= 4 is 17.6 Å². The van der Waals surface area contributed by atoms with Crippen LogP contribution in [-0.4, -0.2) is 18.5 Å². The predicted octanol–water partition coefficient (Wildman–Crippen LogP) is 1.33. The topological polar surface area (TPSA) is 67.4 Å². The van der Waals surface area contributed by atoms with E-state index in [1.54, 1.807) is 31.2 Å². The van der Waals surface area contributed by atoms with Gasteiger partial charge in [0.2, 0.25) is 5.91 Å². The lowest BCUT2D eigenvalue weighted by atomic mass is 10.2. The number of para-hydroxylation sites is 1. The fourth-order valence-corrected chi connectivity index (χ4v) is 1.13. The normalized spacial score (nSPS) is 9.38. The molecule has 0 unspecified atom stereocenters. The first-order chi connectivity index (χ1) is 7.65. The van der Waals surface area contributed by atoms with Crippen LogP contribution >= 0.6 is 0 Å². The molecule has 0 aliphatic heterocycles. The highest BCUT2D eigenvalue weighted by Crippen LogP contribution is 2.14. The molecule has 0 aliphatic carbocycles. The molecule has 0 saturated heterocycles. The fourth-order valence-electron chi connectivity index (χ4n) is 1.13. The SMILES string of the molecule is CCOC(=O)c1ccccc1NNC(C)=O. The average Bonchev–Trinajstić information content (AvgIpc) is 2.27. The number of anilines is 1. The van der Waals surface area contributed by atoms with Crippen molar-refractivity contribution in [3.63, 3.8) is 0 Å². The minimum Gasteiger partial charge on any atom is -0.462 e. The summed E-state index contributed by atoms with van der Waals surface area (Å²) in [7, 11) is 0. The third kappa shape index (κ3) is 3.27. The molecule has 16 heavy (non-hydrogen) atoms. The van der Waals surface area contributed by atoms with E-state index >= 15 is 0 Å². The standard InChI is InChI=1S/C11H14N2O3/c1-3-16-11(15)9-6-4-5-7-10(9)13-12-8(2)14/h4-7,13H,3H2,1-2H3,(H,12,14). The van der Waals surface area contributed by atoms with Gasteiger partial charge in [-0.15, -0.1) is 0 Å². The molecule has 1 aromatic carbocycles. The van der Waals surface area contributed by atoms with E-state index in [1.165, 1.54) is 6.92 Å². The first-order valence-corrected chi connectivity index (χ1v) is 4.94. The maximum atomic E-state index is 11.5. The van der Waals surface area contributed by atoms with Crippen LogP contribution < -0.4 is 10.9 Å². The van der Waals surface area contributed by atoms with Crippen LogP contribution in [0.4, 0.5) is 5.69 Å². The molecule has 1 aromatic rings. The maximum Gasteiger partial charge on any atom is 0.340 e. The lowest BCUT2D eigenvalue weighted by molar-refractivity contribution is -0.118. The third-order valence-electron chi connectivity index (χ3n) is 1.80. The fraction of sp³-hybridized carbons (Fsp3) is 0.273. The molecule has 1 amide bonds. The molecule has 0 aliphatic rings. The summed E-state index contributed by atoms with van der Waals surface area (Å²) in [5.41, 5.74) is 5.95. The van der Waals surface area contributed by atoms with E-state index in [4.69, 9.17) is 4.74 Å². The molecule has 0 bridgehead atoms. The summed E-state index contributed by atoms with van der Waals surface area (Å²) in [4.78, 5) is 22.3. The van der Waals surface area contributed by atoms with Crippen molar-refractivity contribution in [3.8, 4) is 0 Å². The highest BCUT2D eigenvalue weighted by atomic mass is 16.5. The number of carbonyl (C=O) groups is 2. The summed E-state index contributed by atoms with van der Waals surface area (Å²) in [5, 5.41) is 0. The molecule has 0 fully saturated rings. The van der Waals surface area contributed by atoms with Gasteiger partial charge in [0.25, 0.3) is 0 Å². The Bertz CT molecular complexity index is 391. The second-order valence-electron chi connectivity index (χ2n) is 3.07. The van der Waals surface area contributed by atoms with E-state index < -0.39 is 5.97 Å². The Hall–Kier alpha value is -2.04. The number of esters is 1. The van der Waals surface area contributed by atoms with Gasteiger partial charge in [0, 0.05) is 6.92 Å². The van der Waals surface area contributed by atoms with Gasteiger partial charge in [-0.1, -0.05) is 12.1 Å². The lowest BCUT2D eigenvalue weighted by Gasteiger charge is -2.10. The summed E-state index contributed by atoms with van der Waals surface area (Å²) >= 11 is 0. The number of ether oxygens (including phenoxy) is 1. The third-order valence-corrected chi connectivity index (χ3v) is 1.80. The minimum atomic E-state index is -0.420. The molecular formula is C11H14N2O3. The summed E-state index contributed by atoms with van der Waals surface area (Å²) < 4.78 is 4.88. The van der Waals surface area contributed by atoms with Crippen LogP contribution in [0, 0.1) is 0 Å². The van der Waals surface area contributed by atoms with Crippen LogP contribution in [0.1, 0.15) is 24.2 Å². The summed E-state index contributed by atoms with van der Waals surface area (Å²) in [6.45, 7) is 3.43. The maximum absolute atomic E-state index is 11.5. The number of nitrogens with one attached hydrogen (secondary N) is 2. The number of hydrogen-bond donors (Lipinski definition) is 2. The Balaban J connectivity index is 2.82. The molecule has 5 heteroatoms. The molecule has 0 saturated carbocycles. The zero-order valence-corrected chi connectivity index (χ0v) is 9.24. The smallest absolute Gasteiger partial charge is 0.340 e. The Kier molecular flexibility index (Phi) is 4.32. The average molecular weight is 222 g/mol. The second-order valence-corrected chi connectivity index (χ2v) is 3.07. The second kappa shape index (κ2) is 5.75. The van der Waals surface area contributed by atoms with Gasteiger partial charge in [0.05, 0.1) is 17.9 Å². The van der Waals surface area contributed by atoms with Crippen molar-refractivity contribution in [1.82, 2.24) is 5.43 Å². The van der Waals surface area contributed by atoms with Crippen LogP contribution in [0.2, 0.25) is 0 Å². The quantitative estimate of drug-likeness (QED) is 0.595. The zero-order valence-electron chi connectivity index (χ0n) is 9.24. The van der Waals surface area contributed by atoms with Crippen molar-refractivity contribution in [3.05, 3.63) is 29.8 Å². The number of carbonyl (C=O) groups excluding carboxylic acids is 2. The van der Waals surface area contributed by atoms with Gasteiger partial charge in [-0.3, -0.25) is 15.6 Å². The van der Waals surface area contributed by atoms with Crippen LogP contribution in [0.25, 0.3) is 0 Å². The first kappa shape index (κ1) is 12.0. The number of rotatable bonds is 4. The summed E-state index contributed by atoms with van der Waals surface area (Å²) in [6, 6.07) is 6.79. The largest absolute Gasteiger partial charge is 0.462 e. The monoisotopic (exact) mass is 222 g/mol. The Morgan fingerprint density at radius 3 is 2.62 bits per heavy atom. The van der Waals surface area contributed by atoms with E-state index in [1.807, 2.05) is 0 Å². The minimum absolute atomic E-state index is 0.237. The van der Waals surface area contributed by atoms with Crippen molar-refractivity contribution in [2.45, 2.75) is 13.8 Å². The highest BCUT2D eigenvalue weighted by molar-refractivity contribution is 5.95. The number of benzene rings is 1. The number of hydrazine groups is 1. The molecule has 5 nitrogen and oxygen atoms in total.